The van der Waals surface area contributed by atoms with Crippen molar-refractivity contribution in [3.05, 3.63) is 224 Å². The molecule has 5 aromatic carbocycles. The van der Waals surface area contributed by atoms with E-state index in [4.69, 9.17) is 19.9 Å². The van der Waals surface area contributed by atoms with E-state index >= 15 is 4.57 Å². The maximum absolute atomic E-state index is 15.9. The summed E-state index contributed by atoms with van der Waals surface area (Å²) >= 11 is 0. The highest BCUT2D eigenvalue weighted by Gasteiger charge is 2.33. The van der Waals surface area contributed by atoms with Crippen LogP contribution in [-0.4, -0.2) is 19.9 Å². The number of aromatic nitrogens is 4. The number of hydrogen-bond donors (Lipinski definition) is 0. The Kier molecular flexibility index (Phi) is 10.2. The van der Waals surface area contributed by atoms with E-state index in [0.717, 1.165) is 34.4 Å². The highest BCUT2D eigenvalue weighted by atomic mass is 31.2. The normalized spacial score (nSPS) is 11.2. The first-order valence-corrected chi connectivity index (χ1v) is 20.7. The monoisotopic (exact) mass is 768 g/mol. The third-order valence-electron chi connectivity index (χ3n) is 9.74. The van der Waals surface area contributed by atoms with Crippen LogP contribution in [-0.2, 0) is 4.57 Å². The Bertz CT molecular complexity index is 2570. The number of para-hydroxylation sites is 4. The van der Waals surface area contributed by atoms with Gasteiger partial charge in [-0.3, -0.25) is 9.80 Å². The molecule has 0 amide bonds. The minimum absolute atomic E-state index is 0.414. The van der Waals surface area contributed by atoms with Gasteiger partial charge >= 0.3 is 0 Å². The van der Waals surface area contributed by atoms with Crippen molar-refractivity contribution in [3.8, 4) is 22.8 Å². The number of nitrogens with zero attached hydrogens (tertiary/aromatic N) is 6. The van der Waals surface area contributed by atoms with Gasteiger partial charge in [-0.2, -0.15) is 0 Å². The molecule has 4 heterocycles. The Labute approximate surface area is 338 Å². The number of hydrogen-bond acceptors (Lipinski definition) is 7. The van der Waals surface area contributed by atoms with Crippen molar-refractivity contribution in [2.45, 2.75) is 0 Å². The quantitative estimate of drug-likeness (QED) is 0.121. The first kappa shape index (κ1) is 36.2. The third-order valence-corrected chi connectivity index (χ3v) is 12.6. The van der Waals surface area contributed by atoms with Crippen LogP contribution in [0.3, 0.4) is 0 Å². The van der Waals surface area contributed by atoms with Crippen molar-refractivity contribution >= 4 is 57.7 Å². The molecule has 9 aromatic rings. The average Bonchev–Trinajstić information content (AvgIpc) is 3.31. The van der Waals surface area contributed by atoms with Gasteiger partial charge < -0.3 is 4.57 Å². The smallest absolute Gasteiger partial charge is 0.206 e. The first-order valence-electron chi connectivity index (χ1n) is 19.0. The molecule has 0 fully saturated rings. The molecule has 0 aliphatic carbocycles. The molecule has 0 N–H and O–H groups in total. The minimum atomic E-state index is -3.62. The summed E-state index contributed by atoms with van der Waals surface area (Å²) in [7, 11) is -3.62. The zero-order valence-electron chi connectivity index (χ0n) is 31.4. The maximum atomic E-state index is 15.9. The summed E-state index contributed by atoms with van der Waals surface area (Å²) < 4.78 is 15.9. The van der Waals surface area contributed by atoms with E-state index in [2.05, 4.69) is 58.3 Å². The van der Waals surface area contributed by atoms with Crippen LogP contribution >= 0.6 is 7.14 Å². The highest BCUT2D eigenvalue weighted by molar-refractivity contribution is 7.84. The predicted octanol–water partition coefficient (Wildman–Crippen LogP) is 11.2. The van der Waals surface area contributed by atoms with E-state index in [1.807, 2.05) is 176 Å². The molecule has 4 aromatic heterocycles. The summed E-state index contributed by atoms with van der Waals surface area (Å²) in [6, 6.07) is 73.1. The Morgan fingerprint density at radius 2 is 0.586 bits per heavy atom. The van der Waals surface area contributed by atoms with Gasteiger partial charge in [0.05, 0.1) is 22.8 Å². The van der Waals surface area contributed by atoms with Crippen LogP contribution in [0.4, 0.5) is 34.4 Å². The molecule has 0 radical (unpaired) electrons. The fourth-order valence-corrected chi connectivity index (χ4v) is 9.46. The molecule has 0 spiro atoms. The summed E-state index contributed by atoms with van der Waals surface area (Å²) in [6.45, 7) is 0. The zero-order valence-corrected chi connectivity index (χ0v) is 32.3. The Hall–Kier alpha value is -7.47. The van der Waals surface area contributed by atoms with Crippen molar-refractivity contribution in [2.75, 3.05) is 9.80 Å². The summed E-state index contributed by atoms with van der Waals surface area (Å²) in [5.41, 5.74) is 7.25. The summed E-state index contributed by atoms with van der Waals surface area (Å²) in [5.74, 6) is 1.46. The zero-order chi connectivity index (χ0) is 39.2. The first-order chi connectivity index (χ1) is 28.6. The van der Waals surface area contributed by atoms with Crippen LogP contribution in [0.5, 0.6) is 0 Å². The molecule has 0 atom stereocenters. The highest BCUT2D eigenvalue weighted by Crippen LogP contribution is 2.42. The van der Waals surface area contributed by atoms with Crippen molar-refractivity contribution in [1.82, 2.24) is 19.9 Å². The van der Waals surface area contributed by atoms with Crippen LogP contribution in [0.2, 0.25) is 0 Å². The van der Waals surface area contributed by atoms with Crippen LogP contribution in [0.15, 0.2) is 224 Å². The number of rotatable bonds is 11. The van der Waals surface area contributed by atoms with Gasteiger partial charge in [-0.1, -0.05) is 127 Å². The van der Waals surface area contributed by atoms with E-state index < -0.39 is 7.14 Å². The second-order valence-electron chi connectivity index (χ2n) is 13.5. The lowest BCUT2D eigenvalue weighted by Crippen LogP contribution is -2.29. The number of benzene rings is 5. The van der Waals surface area contributed by atoms with E-state index in [1.54, 1.807) is 0 Å². The Morgan fingerprint density at radius 3 is 0.931 bits per heavy atom. The lowest BCUT2D eigenvalue weighted by Gasteiger charge is -2.24. The summed E-state index contributed by atoms with van der Waals surface area (Å²) in [4.78, 5) is 24.7. The Balaban J connectivity index is 1.12. The molecule has 0 unspecified atom stereocenters. The topological polar surface area (TPSA) is 75.1 Å². The molecule has 0 saturated carbocycles. The molecule has 278 valence electrons. The van der Waals surface area contributed by atoms with E-state index in [1.165, 1.54) is 0 Å². The van der Waals surface area contributed by atoms with Gasteiger partial charge in [-0.05, 0) is 97.1 Å². The standard InChI is InChI=1S/C50H37N6OP/c57-58(42-28-14-5-15-29-42,49-36-18-32-45(53-49)43-30-16-34-47(51-43)55(38-20-6-1-7-21-38)39-22-8-2-9-23-39)50-37-19-33-46(54-50)44-31-17-35-48(52-44)56(40-24-10-3-11-25-40)41-26-12-4-13-27-41/h1-37H. The van der Waals surface area contributed by atoms with E-state index in [9.17, 15) is 0 Å². The molecular weight excluding hydrogens is 732 g/mol. The van der Waals surface area contributed by atoms with Gasteiger partial charge in [0, 0.05) is 28.1 Å². The fourth-order valence-electron chi connectivity index (χ4n) is 7.02. The number of anilines is 6. The molecule has 9 rings (SSSR count). The molecular formula is C50H37N6OP. The molecule has 0 aliphatic heterocycles. The van der Waals surface area contributed by atoms with E-state index in [0.29, 0.717) is 39.0 Å². The molecule has 8 heteroatoms. The van der Waals surface area contributed by atoms with Gasteiger partial charge in [0.1, 0.15) is 22.5 Å². The van der Waals surface area contributed by atoms with Gasteiger partial charge in [-0.25, -0.2) is 19.9 Å². The summed E-state index contributed by atoms with van der Waals surface area (Å²) in [6.07, 6.45) is 0. The molecule has 0 bridgehead atoms. The van der Waals surface area contributed by atoms with Gasteiger partial charge in [0.15, 0.2) is 0 Å². The van der Waals surface area contributed by atoms with Crippen molar-refractivity contribution < 1.29 is 4.57 Å². The van der Waals surface area contributed by atoms with Gasteiger partial charge in [-0.15, -0.1) is 0 Å². The maximum Gasteiger partial charge on any atom is 0.206 e. The third kappa shape index (κ3) is 7.30. The van der Waals surface area contributed by atoms with Gasteiger partial charge in [0.25, 0.3) is 0 Å². The van der Waals surface area contributed by atoms with Crippen LogP contribution < -0.4 is 26.0 Å². The van der Waals surface area contributed by atoms with Crippen LogP contribution in [0.1, 0.15) is 0 Å². The van der Waals surface area contributed by atoms with Crippen molar-refractivity contribution in [1.29, 1.82) is 0 Å². The second-order valence-corrected chi connectivity index (χ2v) is 16.1. The second kappa shape index (κ2) is 16.3. The SMILES string of the molecule is O=P(c1ccccc1)(c1cccc(-c2cccc(N(c3ccccc3)c3ccccc3)n2)n1)c1cccc(-c2cccc(N(c3ccccc3)c3ccccc3)n2)n1. The van der Waals surface area contributed by atoms with E-state index in [-0.39, 0.29) is 0 Å². The lowest BCUT2D eigenvalue weighted by atomic mass is 10.2. The van der Waals surface area contributed by atoms with Crippen molar-refractivity contribution in [3.63, 3.8) is 0 Å². The summed E-state index contributed by atoms with van der Waals surface area (Å²) in [5, 5.41) is 0.631. The molecule has 0 aliphatic rings. The Morgan fingerprint density at radius 1 is 0.293 bits per heavy atom. The molecule has 58 heavy (non-hydrogen) atoms. The predicted molar refractivity (Wildman–Crippen MR) is 237 cm³/mol. The fraction of sp³-hybridized carbons (Fsp3) is 0. The average molecular weight is 769 g/mol. The van der Waals surface area contributed by atoms with Crippen LogP contribution in [0.25, 0.3) is 22.8 Å². The van der Waals surface area contributed by atoms with Crippen molar-refractivity contribution in [2.24, 2.45) is 0 Å². The number of pyridine rings is 4. The largest absolute Gasteiger partial charge is 0.305 e. The minimum Gasteiger partial charge on any atom is -0.305 e. The molecule has 0 saturated heterocycles. The van der Waals surface area contributed by atoms with Crippen LogP contribution in [0, 0.1) is 0 Å². The van der Waals surface area contributed by atoms with Gasteiger partial charge in [0.2, 0.25) is 7.14 Å². The lowest BCUT2D eigenvalue weighted by molar-refractivity contribution is 0.591. The molecule has 7 nitrogen and oxygen atoms in total.